The summed E-state index contributed by atoms with van der Waals surface area (Å²) in [7, 11) is 0. The maximum atomic E-state index is 11.3. The molecule has 0 spiro atoms. The summed E-state index contributed by atoms with van der Waals surface area (Å²) in [5.41, 5.74) is 0.598. The van der Waals surface area contributed by atoms with Crippen molar-refractivity contribution in [2.75, 3.05) is 6.54 Å². The molecule has 1 aliphatic rings. The number of aliphatic carboxylic acids is 1. The van der Waals surface area contributed by atoms with Crippen LogP contribution < -0.4 is 0 Å². The van der Waals surface area contributed by atoms with Gasteiger partial charge in [0.1, 0.15) is 5.54 Å². The van der Waals surface area contributed by atoms with Gasteiger partial charge >= 0.3 is 5.97 Å². The molecule has 1 aliphatic heterocycles. The number of carbonyl (C=O) groups is 1. The Hall–Kier alpha value is -0.870. The molecular weight excluding hydrogens is 222 g/mol. The van der Waals surface area contributed by atoms with Gasteiger partial charge in [0, 0.05) is 11.4 Å². The zero-order chi connectivity index (χ0) is 11.8. The van der Waals surface area contributed by atoms with Crippen molar-refractivity contribution in [2.24, 2.45) is 0 Å². The lowest BCUT2D eigenvalue weighted by atomic mass is 9.99. The maximum absolute atomic E-state index is 11.3. The Morgan fingerprint density at radius 3 is 3.00 bits per heavy atom. The lowest BCUT2D eigenvalue weighted by Crippen LogP contribution is -2.47. The highest BCUT2D eigenvalue weighted by molar-refractivity contribution is 7.10. The Morgan fingerprint density at radius 1 is 1.69 bits per heavy atom. The molecule has 1 saturated heterocycles. The van der Waals surface area contributed by atoms with Gasteiger partial charge in [-0.2, -0.15) is 0 Å². The normalized spacial score (nSPS) is 26.1. The van der Waals surface area contributed by atoms with Gasteiger partial charge in [0.2, 0.25) is 0 Å². The fraction of sp³-hybridized carbons (Fsp3) is 0.583. The molecule has 1 fully saturated rings. The summed E-state index contributed by atoms with van der Waals surface area (Å²) in [4.78, 5) is 14.7. The van der Waals surface area contributed by atoms with E-state index in [9.17, 15) is 9.90 Å². The molecular formula is C12H17NO2S. The minimum absolute atomic E-state index is 0.670. The molecule has 0 bridgehead atoms. The highest BCUT2D eigenvalue weighted by Crippen LogP contribution is 2.32. The number of rotatable bonds is 3. The number of carboxylic acid groups (broad SMARTS) is 1. The molecule has 0 aromatic carbocycles. The Morgan fingerprint density at radius 2 is 2.44 bits per heavy atom. The van der Waals surface area contributed by atoms with E-state index in [1.54, 1.807) is 11.3 Å². The van der Waals surface area contributed by atoms with Crippen LogP contribution in [0.3, 0.4) is 0 Å². The topological polar surface area (TPSA) is 40.5 Å². The van der Waals surface area contributed by atoms with Crippen LogP contribution in [0, 0.1) is 6.92 Å². The van der Waals surface area contributed by atoms with E-state index in [1.165, 1.54) is 10.4 Å². The number of hydrogen-bond acceptors (Lipinski definition) is 3. The number of hydrogen-bond donors (Lipinski definition) is 1. The molecule has 0 aliphatic carbocycles. The van der Waals surface area contributed by atoms with Crippen LogP contribution in [0.15, 0.2) is 11.4 Å². The summed E-state index contributed by atoms with van der Waals surface area (Å²) in [5, 5.41) is 11.4. The smallest absolute Gasteiger partial charge is 0.323 e. The van der Waals surface area contributed by atoms with Crippen molar-refractivity contribution in [3.8, 4) is 0 Å². The summed E-state index contributed by atoms with van der Waals surface area (Å²) in [6.07, 6.45) is 1.74. The summed E-state index contributed by atoms with van der Waals surface area (Å²) >= 11 is 1.71. The average molecular weight is 239 g/mol. The van der Waals surface area contributed by atoms with E-state index >= 15 is 0 Å². The van der Waals surface area contributed by atoms with Crippen molar-refractivity contribution in [1.82, 2.24) is 4.90 Å². The van der Waals surface area contributed by atoms with E-state index in [0.717, 1.165) is 25.9 Å². The Kier molecular flexibility index (Phi) is 3.04. The third-order valence-electron chi connectivity index (χ3n) is 3.55. The van der Waals surface area contributed by atoms with Crippen LogP contribution in [0.25, 0.3) is 0 Å². The Bertz CT molecular complexity index is 401. The zero-order valence-electron chi connectivity index (χ0n) is 9.69. The first-order chi connectivity index (χ1) is 7.54. The van der Waals surface area contributed by atoms with E-state index in [0.29, 0.717) is 0 Å². The first kappa shape index (κ1) is 11.6. The monoisotopic (exact) mass is 239 g/mol. The first-order valence-electron chi connectivity index (χ1n) is 5.55. The van der Waals surface area contributed by atoms with Gasteiger partial charge < -0.3 is 5.11 Å². The minimum Gasteiger partial charge on any atom is -0.480 e. The SMILES string of the molecule is Cc1ccsc1CN1CCCC1(C)C(=O)O. The number of aryl methyl sites for hydroxylation is 1. The quantitative estimate of drug-likeness (QED) is 0.881. The summed E-state index contributed by atoms with van der Waals surface area (Å²) in [6.45, 7) is 5.58. The largest absolute Gasteiger partial charge is 0.480 e. The molecule has 0 amide bonds. The minimum atomic E-state index is -0.695. The van der Waals surface area contributed by atoms with Gasteiger partial charge in [-0.25, -0.2) is 0 Å². The molecule has 2 heterocycles. The molecule has 2 rings (SSSR count). The Balaban J connectivity index is 2.16. The van der Waals surface area contributed by atoms with E-state index in [-0.39, 0.29) is 0 Å². The van der Waals surface area contributed by atoms with Crippen LogP contribution in [0.5, 0.6) is 0 Å². The predicted molar refractivity (Wildman–Crippen MR) is 64.7 cm³/mol. The van der Waals surface area contributed by atoms with Crippen molar-refractivity contribution in [2.45, 2.75) is 38.8 Å². The summed E-state index contributed by atoms with van der Waals surface area (Å²) in [5.74, 6) is -0.695. The van der Waals surface area contributed by atoms with Crippen LogP contribution in [-0.4, -0.2) is 28.1 Å². The highest BCUT2D eigenvalue weighted by Gasteiger charge is 2.43. The molecule has 16 heavy (non-hydrogen) atoms. The number of likely N-dealkylation sites (tertiary alicyclic amines) is 1. The second-order valence-electron chi connectivity index (χ2n) is 4.63. The zero-order valence-corrected chi connectivity index (χ0v) is 10.5. The van der Waals surface area contributed by atoms with Gasteiger partial charge in [-0.1, -0.05) is 0 Å². The third kappa shape index (κ3) is 1.87. The lowest BCUT2D eigenvalue weighted by Gasteiger charge is -2.30. The second kappa shape index (κ2) is 4.18. The number of nitrogens with zero attached hydrogens (tertiary/aromatic N) is 1. The molecule has 1 unspecified atom stereocenters. The molecule has 88 valence electrons. The van der Waals surface area contributed by atoms with Crippen LogP contribution >= 0.6 is 11.3 Å². The van der Waals surface area contributed by atoms with E-state index in [1.807, 2.05) is 6.92 Å². The van der Waals surface area contributed by atoms with Crippen molar-refractivity contribution < 1.29 is 9.90 Å². The molecule has 1 aromatic rings. The number of thiophene rings is 1. The van der Waals surface area contributed by atoms with Crippen molar-refractivity contribution in [1.29, 1.82) is 0 Å². The van der Waals surface area contributed by atoms with Gasteiger partial charge in [0.15, 0.2) is 0 Å². The predicted octanol–water partition coefficient (Wildman–Crippen LogP) is 2.50. The molecule has 0 radical (unpaired) electrons. The lowest BCUT2D eigenvalue weighted by molar-refractivity contribution is -0.148. The van der Waals surface area contributed by atoms with Crippen molar-refractivity contribution in [3.63, 3.8) is 0 Å². The van der Waals surface area contributed by atoms with E-state index in [2.05, 4.69) is 23.3 Å². The van der Waals surface area contributed by atoms with Gasteiger partial charge in [0.25, 0.3) is 0 Å². The summed E-state index contributed by atoms with van der Waals surface area (Å²) in [6, 6.07) is 2.09. The highest BCUT2D eigenvalue weighted by atomic mass is 32.1. The van der Waals surface area contributed by atoms with Gasteiger partial charge in [0.05, 0.1) is 0 Å². The molecule has 1 atom stereocenters. The fourth-order valence-corrected chi connectivity index (χ4v) is 3.17. The van der Waals surface area contributed by atoms with Gasteiger partial charge in [-0.15, -0.1) is 11.3 Å². The Labute approximate surface area is 99.7 Å². The van der Waals surface area contributed by atoms with Crippen molar-refractivity contribution >= 4 is 17.3 Å². The number of carboxylic acids is 1. The molecule has 3 nitrogen and oxygen atoms in total. The van der Waals surface area contributed by atoms with Crippen molar-refractivity contribution in [3.05, 3.63) is 21.9 Å². The fourth-order valence-electron chi connectivity index (χ4n) is 2.25. The van der Waals surface area contributed by atoms with E-state index in [4.69, 9.17) is 0 Å². The first-order valence-corrected chi connectivity index (χ1v) is 6.43. The van der Waals surface area contributed by atoms with Gasteiger partial charge in [-0.3, -0.25) is 9.69 Å². The van der Waals surface area contributed by atoms with Crippen LogP contribution in [-0.2, 0) is 11.3 Å². The average Bonchev–Trinajstić information content (AvgIpc) is 2.77. The standard InChI is InChI=1S/C12H17NO2S/c1-9-4-7-16-10(9)8-13-6-3-5-12(13,2)11(14)15/h4,7H,3,5-6,8H2,1-2H3,(H,14,15). The summed E-state index contributed by atoms with van der Waals surface area (Å²) < 4.78 is 0. The van der Waals surface area contributed by atoms with Crippen LogP contribution in [0.2, 0.25) is 0 Å². The molecule has 0 saturated carbocycles. The third-order valence-corrected chi connectivity index (χ3v) is 4.56. The molecule has 4 heteroatoms. The molecule has 1 aromatic heterocycles. The van der Waals surface area contributed by atoms with E-state index < -0.39 is 11.5 Å². The van der Waals surface area contributed by atoms with Crippen LogP contribution in [0.1, 0.15) is 30.2 Å². The maximum Gasteiger partial charge on any atom is 0.323 e. The van der Waals surface area contributed by atoms with Gasteiger partial charge in [-0.05, 0) is 50.2 Å². The second-order valence-corrected chi connectivity index (χ2v) is 5.63. The van der Waals surface area contributed by atoms with Crippen LogP contribution in [0.4, 0.5) is 0 Å². The molecule has 1 N–H and O–H groups in total.